The third-order valence-electron chi connectivity index (χ3n) is 4.85. The maximum Gasteiger partial charge on any atom is 0.189 e. The predicted octanol–water partition coefficient (Wildman–Crippen LogP) is 5.67. The molecule has 5 rings (SSSR count). The number of aryl methyl sites for hydroxylation is 1. The molecule has 136 valence electrons. The van der Waals surface area contributed by atoms with Crippen LogP contribution >= 0.6 is 11.8 Å². The van der Waals surface area contributed by atoms with Gasteiger partial charge in [-0.3, -0.25) is 4.57 Å². The minimum absolute atomic E-state index is 0.747. The minimum atomic E-state index is 0.747. The van der Waals surface area contributed by atoms with Gasteiger partial charge >= 0.3 is 0 Å². The average Bonchev–Trinajstić information content (AvgIpc) is 3.12. The SMILES string of the molecule is CSc1nccc(-n2c(-c3ccc4ccccc4c3)nc3ccc(C)cc32)n1. The molecule has 0 saturated heterocycles. The van der Waals surface area contributed by atoms with Gasteiger partial charge in [-0.25, -0.2) is 15.0 Å². The highest BCUT2D eigenvalue weighted by Crippen LogP contribution is 2.30. The summed E-state index contributed by atoms with van der Waals surface area (Å²) < 4.78 is 2.13. The first kappa shape index (κ1) is 17.0. The van der Waals surface area contributed by atoms with Gasteiger partial charge in [-0.2, -0.15) is 0 Å². The summed E-state index contributed by atoms with van der Waals surface area (Å²) in [7, 11) is 0. The van der Waals surface area contributed by atoms with Gasteiger partial charge in [0.15, 0.2) is 5.16 Å². The number of nitrogens with zero attached hydrogens (tertiary/aromatic N) is 4. The van der Waals surface area contributed by atoms with Crippen LogP contribution < -0.4 is 0 Å². The van der Waals surface area contributed by atoms with Crippen LogP contribution in [0, 0.1) is 6.92 Å². The van der Waals surface area contributed by atoms with Gasteiger partial charge in [0.25, 0.3) is 0 Å². The minimum Gasteiger partial charge on any atom is -0.276 e. The number of thioether (sulfide) groups is 1. The lowest BCUT2D eigenvalue weighted by Gasteiger charge is -2.10. The summed E-state index contributed by atoms with van der Waals surface area (Å²) in [4.78, 5) is 14.0. The molecule has 3 aromatic carbocycles. The first-order chi connectivity index (χ1) is 13.7. The molecule has 2 aromatic heterocycles. The molecule has 0 saturated carbocycles. The second-order valence-electron chi connectivity index (χ2n) is 6.73. The zero-order chi connectivity index (χ0) is 19.1. The lowest BCUT2D eigenvalue weighted by Crippen LogP contribution is -2.02. The van der Waals surface area contributed by atoms with E-state index in [-0.39, 0.29) is 0 Å². The Balaban J connectivity index is 1.82. The van der Waals surface area contributed by atoms with Crippen LogP contribution in [0.3, 0.4) is 0 Å². The highest BCUT2D eigenvalue weighted by molar-refractivity contribution is 7.98. The van der Waals surface area contributed by atoms with E-state index in [1.165, 1.54) is 28.1 Å². The number of imidazole rings is 1. The number of fused-ring (bicyclic) bond motifs is 2. The fraction of sp³-hybridized carbons (Fsp3) is 0.0870. The highest BCUT2D eigenvalue weighted by Gasteiger charge is 2.16. The van der Waals surface area contributed by atoms with Crippen molar-refractivity contribution in [2.45, 2.75) is 12.1 Å². The van der Waals surface area contributed by atoms with Crippen LogP contribution in [0.5, 0.6) is 0 Å². The van der Waals surface area contributed by atoms with Gasteiger partial charge in [-0.05, 0) is 53.8 Å². The standard InChI is InChI=1S/C23H18N4S/c1-15-7-10-19-20(13-15)27(21-11-12-24-23(26-21)28-2)22(25-19)18-9-8-16-5-3-4-6-17(16)14-18/h3-14H,1-2H3. The molecule has 0 fully saturated rings. The Bertz CT molecular complexity index is 1320. The quantitative estimate of drug-likeness (QED) is 0.298. The molecule has 2 heterocycles. The van der Waals surface area contributed by atoms with E-state index in [1.807, 2.05) is 12.3 Å². The predicted molar refractivity (Wildman–Crippen MR) is 116 cm³/mol. The maximum atomic E-state index is 4.96. The largest absolute Gasteiger partial charge is 0.276 e. The van der Waals surface area contributed by atoms with Crippen LogP contribution in [-0.2, 0) is 0 Å². The lowest BCUT2D eigenvalue weighted by molar-refractivity contribution is 0.906. The number of hydrogen-bond donors (Lipinski definition) is 0. The molecule has 28 heavy (non-hydrogen) atoms. The van der Waals surface area contributed by atoms with Crippen LogP contribution in [0.2, 0.25) is 0 Å². The molecule has 5 aromatic rings. The molecule has 0 radical (unpaired) electrons. The highest BCUT2D eigenvalue weighted by atomic mass is 32.2. The molecule has 0 N–H and O–H groups in total. The van der Waals surface area contributed by atoms with Crippen molar-refractivity contribution in [2.75, 3.05) is 6.26 Å². The third kappa shape index (κ3) is 2.84. The Morgan fingerprint density at radius 3 is 2.57 bits per heavy atom. The molecule has 0 atom stereocenters. The van der Waals surface area contributed by atoms with E-state index in [0.717, 1.165) is 33.4 Å². The van der Waals surface area contributed by atoms with Crippen LogP contribution in [0.1, 0.15) is 5.56 Å². The van der Waals surface area contributed by atoms with Crippen molar-refractivity contribution >= 4 is 33.6 Å². The first-order valence-corrected chi connectivity index (χ1v) is 10.3. The number of aromatic nitrogens is 4. The summed E-state index contributed by atoms with van der Waals surface area (Å²) in [6, 6.07) is 23.1. The molecule has 0 aliphatic carbocycles. The van der Waals surface area contributed by atoms with Crippen LogP contribution in [0.15, 0.2) is 78.1 Å². The fourth-order valence-corrected chi connectivity index (χ4v) is 3.85. The Morgan fingerprint density at radius 1 is 0.857 bits per heavy atom. The Kier molecular flexibility index (Phi) is 4.10. The van der Waals surface area contributed by atoms with Crippen molar-refractivity contribution in [1.82, 2.24) is 19.5 Å². The van der Waals surface area contributed by atoms with Gasteiger partial charge in [0.05, 0.1) is 11.0 Å². The van der Waals surface area contributed by atoms with Gasteiger partial charge in [-0.15, -0.1) is 0 Å². The maximum absolute atomic E-state index is 4.96. The van der Waals surface area contributed by atoms with E-state index < -0.39 is 0 Å². The van der Waals surface area contributed by atoms with Crippen molar-refractivity contribution in [1.29, 1.82) is 0 Å². The summed E-state index contributed by atoms with van der Waals surface area (Å²) in [6.45, 7) is 2.10. The van der Waals surface area contributed by atoms with Gasteiger partial charge < -0.3 is 0 Å². The Hall–Kier alpha value is -3.18. The van der Waals surface area contributed by atoms with Crippen molar-refractivity contribution in [3.8, 4) is 17.2 Å². The number of rotatable bonds is 3. The zero-order valence-electron chi connectivity index (χ0n) is 15.6. The van der Waals surface area contributed by atoms with Gasteiger partial charge in [-0.1, -0.05) is 54.2 Å². The summed E-state index contributed by atoms with van der Waals surface area (Å²) >= 11 is 1.54. The van der Waals surface area contributed by atoms with Gasteiger partial charge in [0.2, 0.25) is 0 Å². The van der Waals surface area contributed by atoms with E-state index in [0.29, 0.717) is 0 Å². The van der Waals surface area contributed by atoms with Gasteiger partial charge in [0, 0.05) is 11.8 Å². The molecule has 0 unspecified atom stereocenters. The Labute approximate surface area is 167 Å². The van der Waals surface area contributed by atoms with Crippen LogP contribution in [-0.4, -0.2) is 25.8 Å². The second kappa shape index (κ2) is 6.77. The summed E-state index contributed by atoms with van der Waals surface area (Å²) in [6.07, 6.45) is 3.79. The normalized spacial score (nSPS) is 11.4. The molecule has 0 bridgehead atoms. The van der Waals surface area contributed by atoms with E-state index >= 15 is 0 Å². The smallest absolute Gasteiger partial charge is 0.189 e. The molecule has 0 aliphatic heterocycles. The first-order valence-electron chi connectivity index (χ1n) is 9.08. The monoisotopic (exact) mass is 382 g/mol. The molecule has 4 nitrogen and oxygen atoms in total. The van der Waals surface area contributed by atoms with E-state index in [2.05, 4.69) is 77.1 Å². The number of benzene rings is 3. The van der Waals surface area contributed by atoms with E-state index in [9.17, 15) is 0 Å². The van der Waals surface area contributed by atoms with Gasteiger partial charge in [0.1, 0.15) is 11.6 Å². The van der Waals surface area contributed by atoms with E-state index in [1.54, 1.807) is 6.20 Å². The third-order valence-corrected chi connectivity index (χ3v) is 5.41. The topological polar surface area (TPSA) is 43.6 Å². The second-order valence-corrected chi connectivity index (χ2v) is 7.50. The molecule has 0 spiro atoms. The van der Waals surface area contributed by atoms with Crippen molar-refractivity contribution in [2.24, 2.45) is 0 Å². The molecular formula is C23H18N4S. The fourth-order valence-electron chi connectivity index (χ4n) is 3.49. The van der Waals surface area contributed by atoms with Crippen LogP contribution in [0.4, 0.5) is 0 Å². The molecule has 0 aliphatic rings. The molecular weight excluding hydrogens is 364 g/mol. The van der Waals surface area contributed by atoms with Crippen LogP contribution in [0.25, 0.3) is 39.0 Å². The van der Waals surface area contributed by atoms with E-state index in [4.69, 9.17) is 9.97 Å². The van der Waals surface area contributed by atoms with Crippen molar-refractivity contribution in [3.05, 3.63) is 78.5 Å². The van der Waals surface area contributed by atoms with Crippen molar-refractivity contribution in [3.63, 3.8) is 0 Å². The van der Waals surface area contributed by atoms with Crippen molar-refractivity contribution < 1.29 is 0 Å². The molecule has 5 heteroatoms. The number of hydrogen-bond acceptors (Lipinski definition) is 4. The summed E-state index contributed by atoms with van der Waals surface area (Å²) in [5, 5.41) is 3.16. The summed E-state index contributed by atoms with van der Waals surface area (Å²) in [5.74, 6) is 1.72. The zero-order valence-corrected chi connectivity index (χ0v) is 16.4. The Morgan fingerprint density at radius 2 is 1.71 bits per heavy atom. The molecule has 0 amide bonds. The average molecular weight is 382 g/mol. The lowest BCUT2D eigenvalue weighted by atomic mass is 10.1. The summed E-state index contributed by atoms with van der Waals surface area (Å²) in [5.41, 5.74) is 4.27.